The Morgan fingerprint density at radius 3 is 2.68 bits per heavy atom. The molecule has 1 aliphatic rings. The Morgan fingerprint density at radius 2 is 2.05 bits per heavy atom. The second kappa shape index (κ2) is 7.69. The number of ether oxygens (including phenoxy) is 2. The standard InChI is InChI=1S/C17H22N2O3/c1-12(17(20)19-14-6-4-3-5-7-14)22-15-9-8-13(11-18)10-16(15)21-2/h8-10,12,14H,3-7H2,1-2H3,(H,19,20)/t12-/m0/s1. The van der Waals surface area contributed by atoms with Gasteiger partial charge in [-0.1, -0.05) is 19.3 Å². The molecular weight excluding hydrogens is 280 g/mol. The van der Waals surface area contributed by atoms with Crippen LogP contribution in [0, 0.1) is 11.3 Å². The minimum absolute atomic E-state index is 0.113. The molecule has 2 rings (SSSR count). The van der Waals surface area contributed by atoms with Crippen LogP contribution in [0.25, 0.3) is 0 Å². The third kappa shape index (κ3) is 4.14. The number of carbonyl (C=O) groups excluding carboxylic acids is 1. The number of rotatable bonds is 5. The molecule has 1 aliphatic carbocycles. The lowest BCUT2D eigenvalue weighted by atomic mass is 9.95. The van der Waals surface area contributed by atoms with Crippen molar-refractivity contribution in [2.75, 3.05) is 7.11 Å². The van der Waals surface area contributed by atoms with Gasteiger partial charge < -0.3 is 14.8 Å². The van der Waals surface area contributed by atoms with Crippen molar-refractivity contribution in [1.29, 1.82) is 5.26 Å². The topological polar surface area (TPSA) is 71.3 Å². The number of methoxy groups -OCH3 is 1. The van der Waals surface area contributed by atoms with Crippen LogP contribution in [0.5, 0.6) is 11.5 Å². The van der Waals surface area contributed by atoms with E-state index in [0.717, 1.165) is 12.8 Å². The highest BCUT2D eigenvalue weighted by molar-refractivity contribution is 5.81. The first-order valence-electron chi connectivity index (χ1n) is 7.69. The Kier molecular flexibility index (Phi) is 5.65. The summed E-state index contributed by atoms with van der Waals surface area (Å²) in [6, 6.07) is 7.20. The zero-order valence-electron chi connectivity index (χ0n) is 13.1. The second-order valence-corrected chi connectivity index (χ2v) is 5.58. The molecule has 5 nitrogen and oxygen atoms in total. The predicted octanol–water partition coefficient (Wildman–Crippen LogP) is 2.78. The van der Waals surface area contributed by atoms with Crippen LogP contribution in [-0.2, 0) is 4.79 Å². The number of amides is 1. The molecular formula is C17H22N2O3. The first kappa shape index (κ1) is 16.2. The molecule has 1 amide bonds. The first-order valence-corrected chi connectivity index (χ1v) is 7.69. The van der Waals surface area contributed by atoms with Crippen LogP contribution in [0.15, 0.2) is 18.2 Å². The second-order valence-electron chi connectivity index (χ2n) is 5.58. The van der Waals surface area contributed by atoms with E-state index in [9.17, 15) is 4.79 Å². The molecule has 1 N–H and O–H groups in total. The maximum atomic E-state index is 12.2. The molecule has 118 valence electrons. The van der Waals surface area contributed by atoms with E-state index in [1.807, 2.05) is 6.07 Å². The molecule has 1 aromatic rings. The highest BCUT2D eigenvalue weighted by Crippen LogP contribution is 2.28. The molecule has 22 heavy (non-hydrogen) atoms. The molecule has 1 fully saturated rings. The summed E-state index contributed by atoms with van der Waals surface area (Å²) in [5, 5.41) is 11.9. The van der Waals surface area contributed by atoms with E-state index in [1.165, 1.54) is 26.4 Å². The largest absolute Gasteiger partial charge is 0.493 e. The quantitative estimate of drug-likeness (QED) is 0.908. The van der Waals surface area contributed by atoms with Crippen LogP contribution < -0.4 is 14.8 Å². The third-order valence-corrected chi connectivity index (χ3v) is 3.92. The van der Waals surface area contributed by atoms with Gasteiger partial charge in [-0.2, -0.15) is 5.26 Å². The molecule has 1 atom stereocenters. The molecule has 0 spiro atoms. The van der Waals surface area contributed by atoms with Gasteiger partial charge in [0.25, 0.3) is 5.91 Å². The normalized spacial score (nSPS) is 16.4. The van der Waals surface area contributed by atoms with E-state index >= 15 is 0 Å². The Balaban J connectivity index is 1.97. The molecule has 0 aromatic heterocycles. The fourth-order valence-electron chi connectivity index (χ4n) is 2.64. The average molecular weight is 302 g/mol. The number of hydrogen-bond donors (Lipinski definition) is 1. The smallest absolute Gasteiger partial charge is 0.260 e. The molecule has 0 bridgehead atoms. The van der Waals surface area contributed by atoms with Crippen LogP contribution >= 0.6 is 0 Å². The minimum atomic E-state index is -0.608. The van der Waals surface area contributed by atoms with Crippen molar-refractivity contribution in [2.24, 2.45) is 0 Å². The van der Waals surface area contributed by atoms with Gasteiger partial charge in [0.05, 0.1) is 18.7 Å². The Hall–Kier alpha value is -2.22. The zero-order valence-corrected chi connectivity index (χ0v) is 13.1. The summed E-state index contributed by atoms with van der Waals surface area (Å²) in [5.74, 6) is 0.808. The summed E-state index contributed by atoms with van der Waals surface area (Å²) in [4.78, 5) is 12.2. The van der Waals surface area contributed by atoms with E-state index in [-0.39, 0.29) is 11.9 Å². The number of benzene rings is 1. The molecule has 0 unspecified atom stereocenters. The molecule has 1 saturated carbocycles. The van der Waals surface area contributed by atoms with Gasteiger partial charge in [0.15, 0.2) is 17.6 Å². The van der Waals surface area contributed by atoms with Gasteiger partial charge >= 0.3 is 0 Å². The number of nitrogens with zero attached hydrogens (tertiary/aromatic N) is 1. The number of hydrogen-bond acceptors (Lipinski definition) is 4. The lowest BCUT2D eigenvalue weighted by molar-refractivity contribution is -0.128. The molecule has 0 saturated heterocycles. The van der Waals surface area contributed by atoms with E-state index in [0.29, 0.717) is 17.1 Å². The van der Waals surface area contributed by atoms with Crippen LogP contribution in [0.2, 0.25) is 0 Å². The van der Waals surface area contributed by atoms with Crippen molar-refractivity contribution >= 4 is 5.91 Å². The van der Waals surface area contributed by atoms with E-state index in [4.69, 9.17) is 14.7 Å². The Bertz CT molecular complexity index is 560. The maximum absolute atomic E-state index is 12.2. The van der Waals surface area contributed by atoms with Crippen molar-refractivity contribution in [3.05, 3.63) is 23.8 Å². The van der Waals surface area contributed by atoms with Gasteiger partial charge in [0, 0.05) is 12.1 Å². The summed E-state index contributed by atoms with van der Waals surface area (Å²) in [6.45, 7) is 1.72. The number of carbonyl (C=O) groups is 1. The van der Waals surface area contributed by atoms with Crippen LogP contribution in [0.3, 0.4) is 0 Å². The lowest BCUT2D eigenvalue weighted by Gasteiger charge is -2.25. The molecule has 1 aromatic carbocycles. The summed E-state index contributed by atoms with van der Waals surface area (Å²) in [7, 11) is 1.51. The van der Waals surface area contributed by atoms with E-state index < -0.39 is 6.10 Å². The average Bonchev–Trinajstić information content (AvgIpc) is 2.56. The van der Waals surface area contributed by atoms with Crippen LogP contribution in [-0.4, -0.2) is 25.2 Å². The first-order chi connectivity index (χ1) is 10.6. The Morgan fingerprint density at radius 1 is 1.32 bits per heavy atom. The lowest BCUT2D eigenvalue weighted by Crippen LogP contribution is -2.43. The summed E-state index contributed by atoms with van der Waals surface area (Å²) in [5.41, 5.74) is 0.489. The van der Waals surface area contributed by atoms with Crippen molar-refractivity contribution < 1.29 is 14.3 Å². The SMILES string of the molecule is COc1cc(C#N)ccc1O[C@@H](C)C(=O)NC1CCCCC1. The zero-order chi connectivity index (χ0) is 15.9. The maximum Gasteiger partial charge on any atom is 0.260 e. The van der Waals surface area contributed by atoms with Gasteiger partial charge in [-0.3, -0.25) is 4.79 Å². The van der Waals surface area contributed by atoms with Crippen molar-refractivity contribution in [3.63, 3.8) is 0 Å². The predicted molar refractivity (Wildman–Crippen MR) is 82.8 cm³/mol. The fourth-order valence-corrected chi connectivity index (χ4v) is 2.64. The van der Waals surface area contributed by atoms with Crippen LogP contribution in [0.4, 0.5) is 0 Å². The number of nitriles is 1. The van der Waals surface area contributed by atoms with Gasteiger partial charge in [0.2, 0.25) is 0 Å². The van der Waals surface area contributed by atoms with Crippen molar-refractivity contribution in [1.82, 2.24) is 5.32 Å². The minimum Gasteiger partial charge on any atom is -0.493 e. The van der Waals surface area contributed by atoms with Gasteiger partial charge in [-0.15, -0.1) is 0 Å². The van der Waals surface area contributed by atoms with Gasteiger partial charge in [0.1, 0.15) is 0 Å². The molecule has 0 radical (unpaired) electrons. The Labute approximate surface area is 131 Å². The molecule has 5 heteroatoms. The van der Waals surface area contributed by atoms with E-state index in [1.54, 1.807) is 25.1 Å². The van der Waals surface area contributed by atoms with E-state index in [2.05, 4.69) is 5.32 Å². The number of nitrogens with one attached hydrogen (secondary N) is 1. The third-order valence-electron chi connectivity index (χ3n) is 3.92. The summed E-state index contributed by atoms with van der Waals surface area (Å²) in [6.07, 6.45) is 5.06. The van der Waals surface area contributed by atoms with Gasteiger partial charge in [-0.25, -0.2) is 0 Å². The molecule has 0 heterocycles. The monoisotopic (exact) mass is 302 g/mol. The summed E-state index contributed by atoms with van der Waals surface area (Å²) < 4.78 is 10.9. The van der Waals surface area contributed by atoms with Gasteiger partial charge in [-0.05, 0) is 31.9 Å². The fraction of sp³-hybridized carbons (Fsp3) is 0.529. The highest BCUT2D eigenvalue weighted by Gasteiger charge is 2.21. The van der Waals surface area contributed by atoms with Crippen molar-refractivity contribution in [2.45, 2.75) is 51.2 Å². The van der Waals surface area contributed by atoms with Crippen LogP contribution in [0.1, 0.15) is 44.6 Å². The van der Waals surface area contributed by atoms with Crippen molar-refractivity contribution in [3.8, 4) is 17.6 Å². The highest BCUT2D eigenvalue weighted by atomic mass is 16.5. The molecule has 0 aliphatic heterocycles. The summed E-state index contributed by atoms with van der Waals surface area (Å²) >= 11 is 0.